The van der Waals surface area contributed by atoms with Crippen LogP contribution in [0.3, 0.4) is 0 Å². The van der Waals surface area contributed by atoms with E-state index in [-0.39, 0.29) is 24.5 Å². The highest BCUT2D eigenvalue weighted by Crippen LogP contribution is 2.13. The molecular weight excluding hydrogens is 244 g/mol. The number of carbonyl (C=O) groups excluding carboxylic acids is 1. The van der Waals surface area contributed by atoms with Gasteiger partial charge in [-0.15, -0.1) is 0 Å². The van der Waals surface area contributed by atoms with Crippen molar-refractivity contribution < 1.29 is 14.7 Å². The van der Waals surface area contributed by atoms with Gasteiger partial charge in [0.1, 0.15) is 0 Å². The molecule has 0 saturated carbocycles. The van der Waals surface area contributed by atoms with Crippen molar-refractivity contribution in [2.75, 3.05) is 26.2 Å². The third kappa shape index (κ3) is 6.96. The maximum atomic E-state index is 12.2. The third-order valence-electron chi connectivity index (χ3n) is 2.80. The number of carbonyl (C=O) groups is 2. The van der Waals surface area contributed by atoms with Crippen molar-refractivity contribution >= 4 is 11.9 Å². The molecule has 0 aromatic heterocycles. The molecule has 0 fully saturated rings. The summed E-state index contributed by atoms with van der Waals surface area (Å²) >= 11 is 0. The summed E-state index contributed by atoms with van der Waals surface area (Å²) in [5, 5.41) is 8.92. The van der Waals surface area contributed by atoms with E-state index in [0.29, 0.717) is 13.1 Å². The molecule has 0 rings (SSSR count). The van der Waals surface area contributed by atoms with Gasteiger partial charge < -0.3 is 10.0 Å². The van der Waals surface area contributed by atoms with Crippen LogP contribution in [0.5, 0.6) is 0 Å². The van der Waals surface area contributed by atoms with Gasteiger partial charge in [0, 0.05) is 18.6 Å². The van der Waals surface area contributed by atoms with E-state index in [4.69, 9.17) is 5.11 Å². The van der Waals surface area contributed by atoms with Crippen LogP contribution in [0.1, 0.15) is 34.6 Å². The minimum atomic E-state index is -0.925. The molecule has 1 N–H and O–H groups in total. The number of hydrogen-bond acceptors (Lipinski definition) is 3. The minimum absolute atomic E-state index is 0.0679. The molecule has 0 aliphatic carbocycles. The number of carboxylic acid groups (broad SMARTS) is 1. The van der Waals surface area contributed by atoms with Crippen molar-refractivity contribution in [1.82, 2.24) is 9.80 Å². The number of aliphatic carboxylic acids is 1. The molecule has 110 valence electrons. The van der Waals surface area contributed by atoms with E-state index in [1.165, 1.54) is 0 Å². The average Bonchev–Trinajstić information content (AvgIpc) is 2.22. The predicted molar refractivity (Wildman–Crippen MR) is 76.0 cm³/mol. The van der Waals surface area contributed by atoms with Gasteiger partial charge in [-0.1, -0.05) is 12.2 Å². The van der Waals surface area contributed by atoms with Crippen LogP contribution >= 0.6 is 0 Å². The van der Waals surface area contributed by atoms with Crippen molar-refractivity contribution in [2.45, 2.75) is 40.2 Å². The van der Waals surface area contributed by atoms with E-state index in [0.717, 1.165) is 5.57 Å². The molecule has 0 saturated heterocycles. The lowest BCUT2D eigenvalue weighted by molar-refractivity contribution is -0.141. The zero-order chi connectivity index (χ0) is 15.2. The smallest absolute Gasteiger partial charge is 0.317 e. The van der Waals surface area contributed by atoms with Gasteiger partial charge in [-0.3, -0.25) is 14.5 Å². The highest BCUT2D eigenvalue weighted by molar-refractivity contribution is 5.79. The second-order valence-electron chi connectivity index (χ2n) is 5.79. The number of nitrogens with zero attached hydrogens (tertiary/aromatic N) is 2. The molecule has 0 radical (unpaired) electrons. The van der Waals surface area contributed by atoms with Gasteiger partial charge >= 0.3 is 5.97 Å². The van der Waals surface area contributed by atoms with Crippen molar-refractivity contribution in [3.05, 3.63) is 12.2 Å². The molecule has 0 heterocycles. The number of hydrogen-bond donors (Lipinski definition) is 1. The normalized spacial score (nSPS) is 11.5. The largest absolute Gasteiger partial charge is 0.480 e. The summed E-state index contributed by atoms with van der Waals surface area (Å²) in [7, 11) is 0. The fraction of sp³-hybridized carbons (Fsp3) is 0.714. The van der Waals surface area contributed by atoms with Crippen LogP contribution in [-0.4, -0.2) is 58.5 Å². The van der Waals surface area contributed by atoms with Crippen LogP contribution in [0, 0.1) is 0 Å². The van der Waals surface area contributed by atoms with Gasteiger partial charge in [-0.2, -0.15) is 0 Å². The number of likely N-dealkylation sites (N-methyl/N-ethyl adjacent to an activating group) is 1. The Balaban J connectivity index is 4.78. The fourth-order valence-electron chi connectivity index (χ4n) is 1.66. The van der Waals surface area contributed by atoms with Crippen LogP contribution in [0.4, 0.5) is 0 Å². The van der Waals surface area contributed by atoms with Crippen LogP contribution in [0.2, 0.25) is 0 Å². The lowest BCUT2D eigenvalue weighted by Crippen LogP contribution is -2.50. The summed E-state index contributed by atoms with van der Waals surface area (Å²) < 4.78 is 0. The number of carboxylic acids is 1. The third-order valence-corrected chi connectivity index (χ3v) is 2.80. The van der Waals surface area contributed by atoms with E-state index < -0.39 is 5.97 Å². The first-order chi connectivity index (χ1) is 8.57. The molecule has 0 bridgehead atoms. The summed E-state index contributed by atoms with van der Waals surface area (Å²) in [6.07, 6.45) is 0. The molecule has 0 atom stereocenters. The van der Waals surface area contributed by atoms with Crippen LogP contribution in [-0.2, 0) is 9.59 Å². The Morgan fingerprint density at radius 3 is 2.00 bits per heavy atom. The molecule has 0 aliphatic heterocycles. The number of rotatable bonds is 7. The van der Waals surface area contributed by atoms with Crippen LogP contribution in [0.25, 0.3) is 0 Å². The molecule has 5 heteroatoms. The van der Waals surface area contributed by atoms with E-state index >= 15 is 0 Å². The number of amides is 1. The first kappa shape index (κ1) is 17.6. The van der Waals surface area contributed by atoms with Crippen molar-refractivity contribution in [2.24, 2.45) is 0 Å². The first-order valence-corrected chi connectivity index (χ1v) is 6.47. The monoisotopic (exact) mass is 270 g/mol. The van der Waals surface area contributed by atoms with Gasteiger partial charge in [0.05, 0.1) is 13.1 Å². The highest BCUT2D eigenvalue weighted by atomic mass is 16.4. The van der Waals surface area contributed by atoms with Crippen molar-refractivity contribution in [1.29, 1.82) is 0 Å². The molecule has 0 spiro atoms. The summed E-state index contributed by atoms with van der Waals surface area (Å²) in [5.41, 5.74) is 0.548. The minimum Gasteiger partial charge on any atom is -0.480 e. The Kier molecular flexibility index (Phi) is 6.76. The van der Waals surface area contributed by atoms with Gasteiger partial charge in [0.15, 0.2) is 0 Å². The van der Waals surface area contributed by atoms with Crippen molar-refractivity contribution in [3.8, 4) is 0 Å². The molecule has 19 heavy (non-hydrogen) atoms. The second kappa shape index (κ2) is 7.28. The van der Waals surface area contributed by atoms with Gasteiger partial charge in [0.25, 0.3) is 0 Å². The second-order valence-corrected chi connectivity index (χ2v) is 5.79. The summed E-state index contributed by atoms with van der Waals surface area (Å²) in [5.74, 6) is -0.993. The van der Waals surface area contributed by atoms with Crippen LogP contribution < -0.4 is 0 Å². The topological polar surface area (TPSA) is 60.9 Å². The Morgan fingerprint density at radius 2 is 1.68 bits per heavy atom. The first-order valence-electron chi connectivity index (χ1n) is 6.47. The highest BCUT2D eigenvalue weighted by Gasteiger charge is 2.27. The summed E-state index contributed by atoms with van der Waals surface area (Å²) in [6, 6.07) is 0. The quantitative estimate of drug-likeness (QED) is 0.714. The zero-order valence-corrected chi connectivity index (χ0v) is 12.7. The Morgan fingerprint density at radius 1 is 1.16 bits per heavy atom. The van der Waals surface area contributed by atoms with Gasteiger partial charge in [-0.25, -0.2) is 0 Å². The molecule has 1 amide bonds. The Hall–Kier alpha value is -1.36. The Bertz CT molecular complexity index is 345. The van der Waals surface area contributed by atoms with Crippen molar-refractivity contribution in [3.63, 3.8) is 0 Å². The zero-order valence-electron chi connectivity index (χ0n) is 12.7. The van der Waals surface area contributed by atoms with E-state index in [1.807, 2.05) is 34.6 Å². The molecule has 0 unspecified atom stereocenters. The van der Waals surface area contributed by atoms with E-state index in [2.05, 4.69) is 6.58 Å². The maximum absolute atomic E-state index is 12.2. The average molecular weight is 270 g/mol. The lowest BCUT2D eigenvalue weighted by Gasteiger charge is -2.35. The molecule has 0 aromatic carbocycles. The van der Waals surface area contributed by atoms with Gasteiger partial charge in [-0.05, 0) is 34.6 Å². The maximum Gasteiger partial charge on any atom is 0.317 e. The van der Waals surface area contributed by atoms with Crippen LogP contribution in [0.15, 0.2) is 12.2 Å². The SMILES string of the molecule is C=C(C)CN(CC)C(=O)CN(CC(=O)O)C(C)(C)C. The summed E-state index contributed by atoms with van der Waals surface area (Å²) in [6.45, 7) is 14.4. The van der Waals surface area contributed by atoms with Gasteiger partial charge in [0.2, 0.25) is 5.91 Å². The molecule has 5 nitrogen and oxygen atoms in total. The Labute approximate surface area is 115 Å². The predicted octanol–water partition coefficient (Wildman–Crippen LogP) is 1.60. The fourth-order valence-corrected chi connectivity index (χ4v) is 1.66. The molecule has 0 aliphatic rings. The van der Waals surface area contributed by atoms with E-state index in [9.17, 15) is 9.59 Å². The van der Waals surface area contributed by atoms with E-state index in [1.54, 1.807) is 9.80 Å². The summed E-state index contributed by atoms with van der Waals surface area (Å²) in [4.78, 5) is 26.4. The molecular formula is C14H26N2O3. The standard InChI is InChI=1S/C14H26N2O3/c1-7-15(8-11(2)3)12(17)9-16(10-13(18)19)14(4,5)6/h2,7-10H2,1,3-6H3,(H,18,19). The molecule has 0 aromatic rings. The lowest BCUT2D eigenvalue weighted by atomic mass is 10.1.